The summed E-state index contributed by atoms with van der Waals surface area (Å²) in [5, 5.41) is 3.17. The van der Waals surface area contributed by atoms with E-state index in [-0.39, 0.29) is 5.91 Å². The molecule has 0 radical (unpaired) electrons. The van der Waals surface area contributed by atoms with Gasteiger partial charge in [0.15, 0.2) is 0 Å². The van der Waals surface area contributed by atoms with Crippen molar-refractivity contribution < 1.29 is 4.79 Å². The van der Waals surface area contributed by atoms with Gasteiger partial charge in [0, 0.05) is 4.90 Å². The van der Waals surface area contributed by atoms with Gasteiger partial charge in [-0.15, -0.1) is 11.8 Å². The molecule has 0 aromatic heterocycles. The van der Waals surface area contributed by atoms with Crippen LogP contribution in [0.3, 0.4) is 0 Å². The number of nitrogens with one attached hydrogen (secondary N) is 1. The van der Waals surface area contributed by atoms with Gasteiger partial charge >= 0.3 is 0 Å². The van der Waals surface area contributed by atoms with E-state index in [2.05, 4.69) is 17.4 Å². The summed E-state index contributed by atoms with van der Waals surface area (Å²) in [6, 6.07) is 10.3. The summed E-state index contributed by atoms with van der Waals surface area (Å²) < 4.78 is 0. The molecule has 3 nitrogen and oxygen atoms in total. The third kappa shape index (κ3) is 4.70. The average molecular weight is 266 g/mol. The van der Waals surface area contributed by atoms with Gasteiger partial charge in [0.1, 0.15) is 0 Å². The summed E-state index contributed by atoms with van der Waals surface area (Å²) in [5.41, 5.74) is 4.86. The van der Waals surface area contributed by atoms with Gasteiger partial charge in [-0.2, -0.15) is 0 Å². The monoisotopic (exact) mass is 266 g/mol. The van der Waals surface area contributed by atoms with E-state index >= 15 is 0 Å². The normalized spacial score (nSPS) is 14.1. The van der Waals surface area contributed by atoms with Crippen LogP contribution < -0.4 is 11.1 Å². The van der Waals surface area contributed by atoms with E-state index in [9.17, 15) is 4.79 Å². The lowest BCUT2D eigenvalue weighted by Crippen LogP contribution is -2.53. The average Bonchev–Trinajstić information content (AvgIpc) is 2.36. The second kappa shape index (κ2) is 7.44. The van der Waals surface area contributed by atoms with Gasteiger partial charge in [0.25, 0.3) is 0 Å². The topological polar surface area (TPSA) is 55.1 Å². The lowest BCUT2D eigenvalue weighted by atomic mass is 9.95. The minimum Gasteiger partial charge on any atom is -0.368 e. The molecule has 0 aliphatic heterocycles. The number of nitrogens with two attached hydrogens (primary N) is 1. The predicted molar refractivity (Wildman–Crippen MR) is 77.7 cm³/mol. The van der Waals surface area contributed by atoms with Crippen molar-refractivity contribution >= 4 is 17.7 Å². The molecular weight excluding hydrogens is 244 g/mol. The maximum absolute atomic E-state index is 11.4. The molecule has 0 spiro atoms. The van der Waals surface area contributed by atoms with E-state index in [1.165, 1.54) is 4.90 Å². The fourth-order valence-electron chi connectivity index (χ4n) is 1.82. The Morgan fingerprint density at radius 2 is 2.06 bits per heavy atom. The Morgan fingerprint density at radius 3 is 2.61 bits per heavy atom. The van der Waals surface area contributed by atoms with Crippen LogP contribution in [0.2, 0.25) is 0 Å². The van der Waals surface area contributed by atoms with Crippen molar-refractivity contribution in [2.24, 2.45) is 5.73 Å². The molecule has 0 fully saturated rings. The first-order valence-electron chi connectivity index (χ1n) is 6.31. The van der Waals surface area contributed by atoms with Crippen molar-refractivity contribution in [1.29, 1.82) is 0 Å². The van der Waals surface area contributed by atoms with E-state index in [1.807, 2.05) is 43.8 Å². The van der Waals surface area contributed by atoms with E-state index in [0.717, 1.165) is 25.1 Å². The van der Waals surface area contributed by atoms with Crippen molar-refractivity contribution in [3.05, 3.63) is 30.3 Å². The van der Waals surface area contributed by atoms with E-state index in [1.54, 1.807) is 0 Å². The Labute approximate surface area is 114 Å². The summed E-state index contributed by atoms with van der Waals surface area (Å²) in [7, 11) is 0. The minimum atomic E-state index is -0.577. The number of rotatable bonds is 8. The van der Waals surface area contributed by atoms with Crippen molar-refractivity contribution in [3.63, 3.8) is 0 Å². The van der Waals surface area contributed by atoms with Crippen molar-refractivity contribution in [3.8, 4) is 0 Å². The minimum absolute atomic E-state index is 0.269. The largest absolute Gasteiger partial charge is 0.368 e. The van der Waals surface area contributed by atoms with Crippen LogP contribution in [0.1, 0.15) is 26.7 Å². The lowest BCUT2D eigenvalue weighted by molar-refractivity contribution is -0.124. The standard InChI is InChI=1S/C14H22N2OS/c1-3-16-14(2,13(15)17)10-7-11-18-12-8-5-4-6-9-12/h4-6,8-9,16H,3,7,10-11H2,1-2H3,(H2,15,17). The first-order valence-corrected chi connectivity index (χ1v) is 7.30. The predicted octanol–water partition coefficient (Wildman–Crippen LogP) is 2.41. The van der Waals surface area contributed by atoms with Crippen molar-refractivity contribution in [2.45, 2.75) is 37.1 Å². The number of benzene rings is 1. The number of hydrogen-bond donors (Lipinski definition) is 2. The van der Waals surface area contributed by atoms with E-state index in [0.29, 0.717) is 0 Å². The highest BCUT2D eigenvalue weighted by Gasteiger charge is 2.28. The molecule has 1 rings (SSSR count). The Kier molecular flexibility index (Phi) is 6.22. The lowest BCUT2D eigenvalue weighted by Gasteiger charge is -2.26. The molecule has 4 heteroatoms. The zero-order valence-corrected chi connectivity index (χ0v) is 11.9. The van der Waals surface area contributed by atoms with Crippen LogP contribution in [0.15, 0.2) is 35.2 Å². The molecular formula is C14H22N2OS. The summed E-state index contributed by atoms with van der Waals surface area (Å²) in [6.07, 6.45) is 1.74. The number of thioether (sulfide) groups is 1. The molecule has 0 heterocycles. The fraction of sp³-hybridized carbons (Fsp3) is 0.500. The SMILES string of the molecule is CCNC(C)(CCCSc1ccccc1)C(N)=O. The molecule has 0 aliphatic rings. The quantitative estimate of drug-likeness (QED) is 0.561. The number of carbonyl (C=O) groups is 1. The molecule has 3 N–H and O–H groups in total. The van der Waals surface area contributed by atoms with Crippen molar-refractivity contribution in [2.75, 3.05) is 12.3 Å². The molecule has 1 amide bonds. The Balaban J connectivity index is 2.34. The fourth-order valence-corrected chi connectivity index (χ4v) is 2.70. The number of primary amides is 1. The zero-order chi connectivity index (χ0) is 13.4. The highest BCUT2D eigenvalue weighted by molar-refractivity contribution is 7.99. The van der Waals surface area contributed by atoms with Crippen molar-refractivity contribution in [1.82, 2.24) is 5.32 Å². The summed E-state index contributed by atoms with van der Waals surface area (Å²) >= 11 is 1.81. The van der Waals surface area contributed by atoms with Crippen LogP contribution in [-0.2, 0) is 4.79 Å². The van der Waals surface area contributed by atoms with Crippen LogP contribution in [-0.4, -0.2) is 23.7 Å². The highest BCUT2D eigenvalue weighted by Crippen LogP contribution is 2.21. The molecule has 1 atom stereocenters. The van der Waals surface area contributed by atoms with E-state index in [4.69, 9.17) is 5.73 Å². The van der Waals surface area contributed by atoms with Gasteiger partial charge < -0.3 is 11.1 Å². The van der Waals surface area contributed by atoms with Crippen LogP contribution in [0, 0.1) is 0 Å². The summed E-state index contributed by atoms with van der Waals surface area (Å²) in [5.74, 6) is 0.729. The van der Waals surface area contributed by atoms with Gasteiger partial charge in [0.2, 0.25) is 5.91 Å². The summed E-state index contributed by atoms with van der Waals surface area (Å²) in [4.78, 5) is 12.7. The van der Waals surface area contributed by atoms with Gasteiger partial charge in [0.05, 0.1) is 5.54 Å². The van der Waals surface area contributed by atoms with Gasteiger partial charge in [-0.05, 0) is 44.2 Å². The maximum atomic E-state index is 11.4. The molecule has 0 bridgehead atoms. The number of likely N-dealkylation sites (N-methyl/N-ethyl adjacent to an activating group) is 1. The molecule has 1 aromatic carbocycles. The van der Waals surface area contributed by atoms with Gasteiger partial charge in [-0.1, -0.05) is 25.1 Å². The second-order valence-electron chi connectivity index (χ2n) is 4.49. The van der Waals surface area contributed by atoms with Crippen LogP contribution in [0.4, 0.5) is 0 Å². The Morgan fingerprint density at radius 1 is 1.39 bits per heavy atom. The molecule has 1 unspecified atom stereocenters. The zero-order valence-electron chi connectivity index (χ0n) is 11.1. The number of amides is 1. The van der Waals surface area contributed by atoms with Crippen LogP contribution >= 0.6 is 11.8 Å². The molecule has 0 aliphatic carbocycles. The second-order valence-corrected chi connectivity index (χ2v) is 5.66. The van der Waals surface area contributed by atoms with Gasteiger partial charge in [-0.3, -0.25) is 4.79 Å². The first-order chi connectivity index (χ1) is 8.58. The Hall–Kier alpha value is -1.00. The maximum Gasteiger partial charge on any atom is 0.237 e. The van der Waals surface area contributed by atoms with E-state index < -0.39 is 5.54 Å². The molecule has 1 aromatic rings. The third-order valence-electron chi connectivity index (χ3n) is 2.94. The number of hydrogen-bond acceptors (Lipinski definition) is 3. The number of carbonyl (C=O) groups excluding carboxylic acids is 1. The highest BCUT2D eigenvalue weighted by atomic mass is 32.2. The van der Waals surface area contributed by atoms with Crippen LogP contribution in [0.25, 0.3) is 0 Å². The molecule has 0 saturated heterocycles. The van der Waals surface area contributed by atoms with Crippen LogP contribution in [0.5, 0.6) is 0 Å². The summed E-state index contributed by atoms with van der Waals surface area (Å²) in [6.45, 7) is 4.62. The third-order valence-corrected chi connectivity index (χ3v) is 4.04. The molecule has 18 heavy (non-hydrogen) atoms. The van der Waals surface area contributed by atoms with Gasteiger partial charge in [-0.25, -0.2) is 0 Å². The first kappa shape index (κ1) is 15.1. The molecule has 100 valence electrons. The Bertz CT molecular complexity index is 369. The smallest absolute Gasteiger partial charge is 0.237 e. The molecule has 0 saturated carbocycles.